The Labute approximate surface area is 163 Å². The number of halogens is 2. The Morgan fingerprint density at radius 1 is 1.15 bits per heavy atom. The maximum atomic E-state index is 12.4. The fourth-order valence-electron chi connectivity index (χ4n) is 2.52. The third kappa shape index (κ3) is 3.62. The van der Waals surface area contributed by atoms with Crippen LogP contribution < -0.4 is 14.8 Å². The van der Waals surface area contributed by atoms with Gasteiger partial charge in [0.1, 0.15) is 0 Å². The van der Waals surface area contributed by atoms with E-state index in [1.807, 2.05) is 6.07 Å². The van der Waals surface area contributed by atoms with Crippen LogP contribution in [0, 0.1) is 0 Å². The average Bonchev–Trinajstić information content (AvgIpc) is 3.26. The number of aromatic nitrogens is 1. The van der Waals surface area contributed by atoms with E-state index in [1.54, 1.807) is 36.5 Å². The van der Waals surface area contributed by atoms with Gasteiger partial charge in [-0.15, -0.1) is 11.3 Å². The first-order chi connectivity index (χ1) is 12.6. The Morgan fingerprint density at radius 2 is 2.00 bits per heavy atom. The monoisotopic (exact) mass is 406 g/mol. The van der Waals surface area contributed by atoms with E-state index in [9.17, 15) is 4.79 Å². The second-order valence-electron chi connectivity index (χ2n) is 5.57. The highest BCUT2D eigenvalue weighted by molar-refractivity contribution is 7.15. The van der Waals surface area contributed by atoms with Crippen LogP contribution in [0.5, 0.6) is 11.5 Å². The van der Waals surface area contributed by atoms with Crippen molar-refractivity contribution < 1.29 is 14.3 Å². The van der Waals surface area contributed by atoms with Gasteiger partial charge in [-0.25, -0.2) is 4.98 Å². The standard InChI is InChI=1S/C18H12Cl2N2O3S/c19-12-2-3-14(20)11(5-12)6-13-8-21-18(26-13)22-17(23)10-1-4-15-16(7-10)25-9-24-15/h1-5,7-8H,6,9H2,(H,21,22,23). The number of ether oxygens (including phenoxy) is 2. The molecule has 1 aliphatic heterocycles. The average molecular weight is 407 g/mol. The second kappa shape index (κ2) is 7.15. The van der Waals surface area contributed by atoms with Crippen LogP contribution in [-0.4, -0.2) is 17.7 Å². The van der Waals surface area contributed by atoms with Crippen molar-refractivity contribution in [2.75, 3.05) is 12.1 Å². The van der Waals surface area contributed by atoms with Crippen LogP contribution in [0.15, 0.2) is 42.6 Å². The minimum atomic E-state index is -0.259. The molecule has 0 saturated heterocycles. The van der Waals surface area contributed by atoms with Gasteiger partial charge in [0.15, 0.2) is 16.6 Å². The fourth-order valence-corrected chi connectivity index (χ4v) is 3.73. The van der Waals surface area contributed by atoms with Crippen LogP contribution in [-0.2, 0) is 6.42 Å². The van der Waals surface area contributed by atoms with Crippen molar-refractivity contribution in [3.8, 4) is 11.5 Å². The minimum Gasteiger partial charge on any atom is -0.454 e. The van der Waals surface area contributed by atoms with Crippen molar-refractivity contribution in [3.63, 3.8) is 0 Å². The molecular formula is C18H12Cl2N2O3S. The fraction of sp³-hybridized carbons (Fsp3) is 0.111. The molecule has 5 nitrogen and oxygen atoms in total. The number of amides is 1. The van der Waals surface area contributed by atoms with E-state index >= 15 is 0 Å². The molecule has 0 saturated carbocycles. The first-order valence-corrected chi connectivity index (χ1v) is 9.25. The van der Waals surface area contributed by atoms with E-state index in [0.717, 1.165) is 10.4 Å². The molecule has 1 aliphatic rings. The summed E-state index contributed by atoms with van der Waals surface area (Å²) in [6.45, 7) is 0.169. The lowest BCUT2D eigenvalue weighted by molar-refractivity contribution is 0.102. The molecule has 3 aromatic rings. The van der Waals surface area contributed by atoms with Gasteiger partial charge >= 0.3 is 0 Å². The predicted octanol–water partition coefficient (Wildman–Crippen LogP) is 5.02. The lowest BCUT2D eigenvalue weighted by atomic mass is 10.1. The highest BCUT2D eigenvalue weighted by Gasteiger charge is 2.17. The number of anilines is 1. The van der Waals surface area contributed by atoms with Crippen LogP contribution in [0.4, 0.5) is 5.13 Å². The van der Waals surface area contributed by atoms with Crippen molar-refractivity contribution in [1.29, 1.82) is 0 Å². The highest BCUT2D eigenvalue weighted by atomic mass is 35.5. The Kier molecular flexibility index (Phi) is 4.72. The number of thiazole rings is 1. The molecule has 132 valence electrons. The maximum absolute atomic E-state index is 12.4. The summed E-state index contributed by atoms with van der Waals surface area (Å²) < 4.78 is 10.5. The summed E-state index contributed by atoms with van der Waals surface area (Å²) >= 11 is 13.6. The Balaban J connectivity index is 1.46. The van der Waals surface area contributed by atoms with Crippen LogP contribution in [0.25, 0.3) is 0 Å². The molecule has 1 amide bonds. The van der Waals surface area contributed by atoms with Crippen molar-refractivity contribution >= 4 is 45.6 Å². The summed E-state index contributed by atoms with van der Waals surface area (Å²) in [4.78, 5) is 17.6. The molecule has 0 atom stereocenters. The summed E-state index contributed by atoms with van der Waals surface area (Å²) in [6.07, 6.45) is 2.31. The van der Waals surface area contributed by atoms with E-state index in [-0.39, 0.29) is 12.7 Å². The Bertz CT molecular complexity index is 990. The zero-order valence-corrected chi connectivity index (χ0v) is 15.6. The third-order valence-corrected chi connectivity index (χ3v) is 5.30. The van der Waals surface area contributed by atoms with Gasteiger partial charge in [0.2, 0.25) is 6.79 Å². The minimum absolute atomic E-state index is 0.169. The van der Waals surface area contributed by atoms with E-state index in [2.05, 4.69) is 10.3 Å². The lowest BCUT2D eigenvalue weighted by Crippen LogP contribution is -2.11. The van der Waals surface area contributed by atoms with Crippen LogP contribution in [0.1, 0.15) is 20.8 Å². The van der Waals surface area contributed by atoms with E-state index < -0.39 is 0 Å². The molecule has 0 fully saturated rings. The molecule has 1 aromatic heterocycles. The number of hydrogen-bond acceptors (Lipinski definition) is 5. The van der Waals surface area contributed by atoms with Crippen LogP contribution >= 0.6 is 34.5 Å². The van der Waals surface area contributed by atoms with Crippen molar-refractivity contribution in [2.24, 2.45) is 0 Å². The molecule has 0 bridgehead atoms. The number of nitrogens with zero attached hydrogens (tertiary/aromatic N) is 1. The number of rotatable bonds is 4. The van der Waals surface area contributed by atoms with E-state index in [1.165, 1.54) is 11.3 Å². The molecule has 2 aromatic carbocycles. The van der Waals surface area contributed by atoms with Gasteiger partial charge in [-0.2, -0.15) is 0 Å². The molecule has 26 heavy (non-hydrogen) atoms. The van der Waals surface area contributed by atoms with E-state index in [0.29, 0.717) is 38.7 Å². The molecule has 0 aliphatic carbocycles. The molecule has 1 N–H and O–H groups in total. The number of nitrogens with one attached hydrogen (secondary N) is 1. The first-order valence-electron chi connectivity index (χ1n) is 7.68. The van der Waals surface area contributed by atoms with Gasteiger partial charge in [-0.3, -0.25) is 10.1 Å². The van der Waals surface area contributed by atoms with Gasteiger partial charge in [0.05, 0.1) is 0 Å². The topological polar surface area (TPSA) is 60.5 Å². The normalized spacial score (nSPS) is 12.2. The number of benzene rings is 2. The van der Waals surface area contributed by atoms with Crippen molar-refractivity contribution in [1.82, 2.24) is 4.98 Å². The second-order valence-corrected chi connectivity index (χ2v) is 7.53. The maximum Gasteiger partial charge on any atom is 0.257 e. The van der Waals surface area contributed by atoms with Gasteiger partial charge in [0, 0.05) is 33.1 Å². The number of hydrogen-bond donors (Lipinski definition) is 1. The number of carbonyl (C=O) groups is 1. The van der Waals surface area contributed by atoms with Gasteiger partial charge in [-0.1, -0.05) is 23.2 Å². The molecule has 4 rings (SSSR count). The quantitative estimate of drug-likeness (QED) is 0.660. The largest absolute Gasteiger partial charge is 0.454 e. The molecule has 0 unspecified atom stereocenters. The molecule has 0 spiro atoms. The smallest absolute Gasteiger partial charge is 0.257 e. The zero-order chi connectivity index (χ0) is 18.1. The number of fused-ring (bicyclic) bond motifs is 1. The zero-order valence-electron chi connectivity index (χ0n) is 13.3. The molecular weight excluding hydrogens is 395 g/mol. The molecule has 2 heterocycles. The summed E-state index contributed by atoms with van der Waals surface area (Å²) in [5.74, 6) is 0.939. The number of carbonyl (C=O) groups excluding carboxylic acids is 1. The summed E-state index contributed by atoms with van der Waals surface area (Å²) in [7, 11) is 0. The SMILES string of the molecule is O=C(Nc1ncc(Cc2cc(Cl)ccc2Cl)s1)c1ccc2c(c1)OCO2. The van der Waals surface area contributed by atoms with Crippen LogP contribution in [0.3, 0.4) is 0 Å². The van der Waals surface area contributed by atoms with Crippen molar-refractivity contribution in [2.45, 2.75) is 6.42 Å². The van der Waals surface area contributed by atoms with Gasteiger partial charge < -0.3 is 9.47 Å². The Morgan fingerprint density at radius 3 is 2.88 bits per heavy atom. The third-order valence-electron chi connectivity index (χ3n) is 3.78. The highest BCUT2D eigenvalue weighted by Crippen LogP contribution is 2.33. The summed E-state index contributed by atoms with van der Waals surface area (Å²) in [6, 6.07) is 10.4. The van der Waals surface area contributed by atoms with Crippen LogP contribution in [0.2, 0.25) is 10.0 Å². The molecule has 8 heteroatoms. The molecule has 0 radical (unpaired) electrons. The van der Waals surface area contributed by atoms with Gasteiger partial charge in [0.25, 0.3) is 5.91 Å². The lowest BCUT2D eigenvalue weighted by Gasteiger charge is -2.03. The predicted molar refractivity (Wildman–Crippen MR) is 102 cm³/mol. The summed E-state index contributed by atoms with van der Waals surface area (Å²) in [5.41, 5.74) is 1.39. The van der Waals surface area contributed by atoms with Gasteiger partial charge in [-0.05, 0) is 42.0 Å². The Hall–Kier alpha value is -2.28. The van der Waals surface area contributed by atoms with Crippen molar-refractivity contribution in [3.05, 3.63) is 68.6 Å². The summed E-state index contributed by atoms with van der Waals surface area (Å²) in [5, 5.41) is 4.59. The van der Waals surface area contributed by atoms with E-state index in [4.69, 9.17) is 32.7 Å². The first kappa shape index (κ1) is 17.1.